The van der Waals surface area contributed by atoms with Crippen LogP contribution in [0.15, 0.2) is 53.9 Å². The van der Waals surface area contributed by atoms with Gasteiger partial charge in [-0.1, -0.05) is 6.07 Å². The van der Waals surface area contributed by atoms with Crippen LogP contribution in [0.25, 0.3) is 0 Å². The molecule has 0 saturated carbocycles. The third-order valence-electron chi connectivity index (χ3n) is 3.67. The number of hydrogen-bond acceptors (Lipinski definition) is 4. The third-order valence-corrected chi connectivity index (χ3v) is 4.55. The minimum atomic E-state index is -1.06. The van der Waals surface area contributed by atoms with Crippen molar-refractivity contribution in [2.45, 2.75) is 6.54 Å². The van der Waals surface area contributed by atoms with Gasteiger partial charge in [-0.2, -0.15) is 0 Å². The zero-order valence-electron chi connectivity index (χ0n) is 13.9. The summed E-state index contributed by atoms with van der Waals surface area (Å²) >= 11 is 1.63. The number of carbonyl (C=O) groups excluding carboxylic acids is 1. The fourth-order valence-corrected chi connectivity index (χ4v) is 3.00. The minimum Gasteiger partial charge on any atom is -0.495 e. The lowest BCUT2D eigenvalue weighted by atomic mass is 10.2. The van der Waals surface area contributed by atoms with Crippen molar-refractivity contribution in [2.75, 3.05) is 17.7 Å². The van der Waals surface area contributed by atoms with E-state index in [1.165, 1.54) is 6.07 Å². The highest BCUT2D eigenvalue weighted by Crippen LogP contribution is 2.29. The Morgan fingerprint density at radius 1 is 1.12 bits per heavy atom. The van der Waals surface area contributed by atoms with Crippen LogP contribution in [-0.4, -0.2) is 13.0 Å². The molecule has 134 valence electrons. The van der Waals surface area contributed by atoms with Crippen LogP contribution in [0.3, 0.4) is 0 Å². The molecule has 3 rings (SSSR count). The Hall–Kier alpha value is -2.93. The molecule has 0 atom stereocenters. The van der Waals surface area contributed by atoms with Gasteiger partial charge in [0.25, 0.3) is 5.91 Å². The van der Waals surface area contributed by atoms with E-state index < -0.39 is 17.5 Å². The normalized spacial score (nSPS) is 10.4. The second-order valence-corrected chi connectivity index (χ2v) is 6.46. The average molecular weight is 374 g/mol. The summed E-state index contributed by atoms with van der Waals surface area (Å²) in [5.41, 5.74) is 1.26. The van der Waals surface area contributed by atoms with Crippen LogP contribution in [0.2, 0.25) is 0 Å². The SMILES string of the molecule is COc1ccc(NC(=O)c2ccc(F)c(F)c2)cc1NCc1cccs1. The second kappa shape index (κ2) is 7.97. The fraction of sp³-hybridized carbons (Fsp3) is 0.105. The first-order chi connectivity index (χ1) is 12.6. The number of carbonyl (C=O) groups is 1. The summed E-state index contributed by atoms with van der Waals surface area (Å²) in [5.74, 6) is -1.96. The number of hydrogen-bond donors (Lipinski definition) is 2. The Balaban J connectivity index is 1.75. The summed E-state index contributed by atoms with van der Waals surface area (Å²) < 4.78 is 31.6. The van der Waals surface area contributed by atoms with E-state index in [1.807, 2.05) is 17.5 Å². The summed E-state index contributed by atoms with van der Waals surface area (Å²) in [6.07, 6.45) is 0. The Morgan fingerprint density at radius 2 is 1.96 bits per heavy atom. The largest absolute Gasteiger partial charge is 0.495 e. The van der Waals surface area contributed by atoms with Gasteiger partial charge in [0.2, 0.25) is 0 Å². The van der Waals surface area contributed by atoms with E-state index in [-0.39, 0.29) is 5.56 Å². The second-order valence-electron chi connectivity index (χ2n) is 5.43. The van der Waals surface area contributed by atoms with E-state index in [0.29, 0.717) is 23.7 Å². The lowest BCUT2D eigenvalue weighted by molar-refractivity contribution is 0.102. The molecule has 0 radical (unpaired) electrons. The van der Waals surface area contributed by atoms with Crippen LogP contribution < -0.4 is 15.4 Å². The number of methoxy groups -OCH3 is 1. The molecule has 1 amide bonds. The van der Waals surface area contributed by atoms with Gasteiger partial charge in [-0.15, -0.1) is 11.3 Å². The van der Waals surface area contributed by atoms with Crippen molar-refractivity contribution in [3.05, 3.63) is 76.0 Å². The average Bonchev–Trinajstić information content (AvgIpc) is 3.16. The highest BCUT2D eigenvalue weighted by molar-refractivity contribution is 7.09. The highest BCUT2D eigenvalue weighted by atomic mass is 32.1. The number of amides is 1. The Morgan fingerprint density at radius 3 is 2.65 bits per heavy atom. The molecular weight excluding hydrogens is 358 g/mol. The minimum absolute atomic E-state index is 0.0350. The van der Waals surface area contributed by atoms with Gasteiger partial charge in [0.05, 0.1) is 12.8 Å². The number of halogens is 2. The number of rotatable bonds is 6. The maximum absolute atomic E-state index is 13.3. The predicted octanol–water partition coefficient (Wildman–Crippen LogP) is 4.90. The number of thiophene rings is 1. The van der Waals surface area contributed by atoms with E-state index in [2.05, 4.69) is 10.6 Å². The number of ether oxygens (including phenoxy) is 1. The molecule has 1 aromatic heterocycles. The quantitative estimate of drug-likeness (QED) is 0.645. The molecule has 0 aliphatic rings. The van der Waals surface area contributed by atoms with E-state index in [9.17, 15) is 13.6 Å². The summed E-state index contributed by atoms with van der Waals surface area (Å²) in [7, 11) is 1.56. The van der Waals surface area contributed by atoms with Gasteiger partial charge in [0.15, 0.2) is 11.6 Å². The van der Waals surface area contributed by atoms with Crippen molar-refractivity contribution in [3.63, 3.8) is 0 Å². The van der Waals surface area contributed by atoms with Gasteiger partial charge in [0.1, 0.15) is 5.75 Å². The number of nitrogens with one attached hydrogen (secondary N) is 2. The number of anilines is 2. The lowest BCUT2D eigenvalue weighted by Gasteiger charge is -2.13. The molecular formula is C19H16F2N2O2S. The zero-order chi connectivity index (χ0) is 18.5. The molecule has 0 fully saturated rings. The van der Waals surface area contributed by atoms with Crippen LogP contribution in [-0.2, 0) is 6.54 Å². The molecule has 0 aliphatic carbocycles. The van der Waals surface area contributed by atoms with Crippen LogP contribution in [0.4, 0.5) is 20.2 Å². The molecule has 0 aliphatic heterocycles. The predicted molar refractivity (Wildman–Crippen MR) is 99.0 cm³/mol. The third kappa shape index (κ3) is 4.18. The van der Waals surface area contributed by atoms with Crippen LogP contribution >= 0.6 is 11.3 Å². The molecule has 4 nitrogen and oxygen atoms in total. The lowest BCUT2D eigenvalue weighted by Crippen LogP contribution is -2.13. The van der Waals surface area contributed by atoms with Crippen LogP contribution in [0.1, 0.15) is 15.2 Å². The van der Waals surface area contributed by atoms with Gasteiger partial charge in [-0.25, -0.2) is 8.78 Å². The Labute approximate surface area is 153 Å². The van der Waals surface area contributed by atoms with Crippen molar-refractivity contribution in [2.24, 2.45) is 0 Å². The topological polar surface area (TPSA) is 50.4 Å². The van der Waals surface area contributed by atoms with Gasteiger partial charge >= 0.3 is 0 Å². The first kappa shape index (κ1) is 17.9. The van der Waals surface area contributed by atoms with Crippen molar-refractivity contribution in [3.8, 4) is 5.75 Å². The van der Waals surface area contributed by atoms with Gasteiger partial charge in [0, 0.05) is 22.7 Å². The van der Waals surface area contributed by atoms with E-state index in [4.69, 9.17) is 4.74 Å². The smallest absolute Gasteiger partial charge is 0.255 e. The van der Waals surface area contributed by atoms with Crippen molar-refractivity contribution < 1.29 is 18.3 Å². The molecule has 0 spiro atoms. The van der Waals surface area contributed by atoms with Crippen LogP contribution in [0, 0.1) is 11.6 Å². The van der Waals surface area contributed by atoms with Gasteiger partial charge < -0.3 is 15.4 Å². The first-order valence-corrected chi connectivity index (χ1v) is 8.65. The summed E-state index contributed by atoms with van der Waals surface area (Å²) in [5, 5.41) is 7.92. The Kier molecular flexibility index (Phi) is 5.48. The number of benzene rings is 2. The zero-order valence-corrected chi connectivity index (χ0v) is 14.7. The molecule has 0 bridgehead atoms. The van der Waals surface area contributed by atoms with Crippen molar-refractivity contribution in [1.29, 1.82) is 0 Å². The molecule has 2 aromatic carbocycles. The van der Waals surface area contributed by atoms with E-state index in [1.54, 1.807) is 36.6 Å². The van der Waals surface area contributed by atoms with Gasteiger partial charge in [-0.05, 0) is 47.8 Å². The molecule has 26 heavy (non-hydrogen) atoms. The Bertz CT molecular complexity index is 914. The molecule has 1 heterocycles. The van der Waals surface area contributed by atoms with Crippen molar-refractivity contribution >= 4 is 28.6 Å². The van der Waals surface area contributed by atoms with E-state index >= 15 is 0 Å². The standard InChI is InChI=1S/C19H16F2N2O2S/c1-25-18-7-5-13(10-17(18)22-11-14-3-2-8-26-14)23-19(24)12-4-6-15(20)16(21)9-12/h2-10,22H,11H2,1H3,(H,23,24). The maximum Gasteiger partial charge on any atom is 0.255 e. The molecule has 7 heteroatoms. The summed E-state index contributed by atoms with van der Waals surface area (Å²) in [6, 6.07) is 12.1. The summed E-state index contributed by atoms with van der Waals surface area (Å²) in [4.78, 5) is 13.4. The molecule has 3 aromatic rings. The first-order valence-electron chi connectivity index (χ1n) is 7.77. The monoisotopic (exact) mass is 374 g/mol. The molecule has 0 saturated heterocycles. The van der Waals surface area contributed by atoms with Gasteiger partial charge in [-0.3, -0.25) is 4.79 Å². The van der Waals surface area contributed by atoms with Crippen LogP contribution in [0.5, 0.6) is 5.75 Å². The maximum atomic E-state index is 13.3. The molecule has 2 N–H and O–H groups in total. The fourth-order valence-electron chi connectivity index (χ4n) is 2.36. The molecule has 0 unspecified atom stereocenters. The van der Waals surface area contributed by atoms with Crippen molar-refractivity contribution in [1.82, 2.24) is 0 Å². The van der Waals surface area contributed by atoms with E-state index in [0.717, 1.165) is 17.0 Å². The highest BCUT2D eigenvalue weighted by Gasteiger charge is 2.11. The summed E-state index contributed by atoms with van der Waals surface area (Å²) in [6.45, 7) is 0.620.